The maximum Gasteiger partial charge on any atom is 0.232 e. The van der Waals surface area contributed by atoms with E-state index in [0.29, 0.717) is 10.9 Å². The van der Waals surface area contributed by atoms with Gasteiger partial charge in [-0.2, -0.15) is 0 Å². The molecule has 6 nitrogen and oxygen atoms in total. The number of amides is 1. The fourth-order valence-corrected chi connectivity index (χ4v) is 2.44. The van der Waals surface area contributed by atoms with E-state index in [1.807, 2.05) is 24.6 Å². The monoisotopic (exact) mass is 280 g/mol. The highest BCUT2D eigenvalue weighted by atomic mass is 32.2. The molecule has 0 saturated heterocycles. The summed E-state index contributed by atoms with van der Waals surface area (Å²) in [6, 6.07) is 1.86. The van der Waals surface area contributed by atoms with Gasteiger partial charge in [0.25, 0.3) is 0 Å². The minimum absolute atomic E-state index is 0.0500. The molecule has 0 aliphatic rings. The van der Waals surface area contributed by atoms with E-state index in [0.717, 1.165) is 17.1 Å². The van der Waals surface area contributed by atoms with E-state index in [-0.39, 0.29) is 5.91 Å². The summed E-state index contributed by atoms with van der Waals surface area (Å²) in [5.74, 6) is 1.94. The van der Waals surface area contributed by atoms with Gasteiger partial charge in [-0.25, -0.2) is 0 Å². The highest BCUT2D eigenvalue weighted by molar-refractivity contribution is 7.99. The average Bonchev–Trinajstić information content (AvgIpc) is 2.92. The molecule has 0 aliphatic heterocycles. The van der Waals surface area contributed by atoms with Gasteiger partial charge in [0.2, 0.25) is 5.91 Å². The molecule has 2 rings (SSSR count). The molecule has 0 fully saturated rings. The van der Waals surface area contributed by atoms with Crippen molar-refractivity contribution in [1.82, 2.24) is 19.7 Å². The maximum absolute atomic E-state index is 11.5. The van der Waals surface area contributed by atoms with Gasteiger partial charge in [0.1, 0.15) is 5.76 Å². The van der Waals surface area contributed by atoms with Crippen LogP contribution >= 0.6 is 11.8 Å². The van der Waals surface area contributed by atoms with Crippen molar-refractivity contribution in [2.24, 2.45) is 7.05 Å². The number of hydrogen-bond donors (Lipinski definition) is 0. The summed E-state index contributed by atoms with van der Waals surface area (Å²) in [5, 5.41) is 8.97. The number of nitrogens with zero attached hydrogens (tertiary/aromatic N) is 4. The van der Waals surface area contributed by atoms with E-state index in [1.165, 1.54) is 11.8 Å². The van der Waals surface area contributed by atoms with Crippen molar-refractivity contribution >= 4 is 17.7 Å². The molecule has 0 bridgehead atoms. The van der Waals surface area contributed by atoms with E-state index < -0.39 is 0 Å². The molecular formula is C12H16N4O2S. The van der Waals surface area contributed by atoms with E-state index >= 15 is 0 Å². The molecule has 2 aromatic rings. The summed E-state index contributed by atoms with van der Waals surface area (Å²) < 4.78 is 7.13. The van der Waals surface area contributed by atoms with Crippen LogP contribution in [0.2, 0.25) is 0 Å². The molecular weight excluding hydrogens is 264 g/mol. The molecule has 19 heavy (non-hydrogen) atoms. The summed E-state index contributed by atoms with van der Waals surface area (Å²) in [5.41, 5.74) is 0.917. The Hall–Kier alpha value is -1.76. The lowest BCUT2D eigenvalue weighted by molar-refractivity contribution is -0.125. The second-order valence-electron chi connectivity index (χ2n) is 4.33. The molecule has 2 aromatic heterocycles. The smallest absolute Gasteiger partial charge is 0.232 e. The molecule has 0 N–H and O–H groups in total. The number of furan rings is 1. The molecule has 0 saturated carbocycles. The molecule has 0 atom stereocenters. The minimum atomic E-state index is 0.0500. The number of hydrogen-bond acceptors (Lipinski definition) is 5. The van der Waals surface area contributed by atoms with Crippen molar-refractivity contribution in [2.45, 2.75) is 12.1 Å². The van der Waals surface area contributed by atoms with Crippen LogP contribution in [0.5, 0.6) is 0 Å². The van der Waals surface area contributed by atoms with Gasteiger partial charge < -0.3 is 13.9 Å². The first-order valence-corrected chi connectivity index (χ1v) is 6.76. The lowest BCUT2D eigenvalue weighted by atomic mass is 10.2. The van der Waals surface area contributed by atoms with Crippen LogP contribution in [-0.2, 0) is 11.8 Å². The Labute approximate surface area is 115 Å². The highest BCUT2D eigenvalue weighted by Crippen LogP contribution is 2.25. The van der Waals surface area contributed by atoms with Crippen molar-refractivity contribution in [1.29, 1.82) is 0 Å². The Balaban J connectivity index is 2.15. The van der Waals surface area contributed by atoms with Crippen molar-refractivity contribution in [2.75, 3.05) is 19.8 Å². The van der Waals surface area contributed by atoms with Gasteiger partial charge in [0.05, 0.1) is 17.6 Å². The molecule has 0 unspecified atom stereocenters. The first kappa shape index (κ1) is 13.7. The third-order valence-corrected chi connectivity index (χ3v) is 3.76. The van der Waals surface area contributed by atoms with Crippen molar-refractivity contribution in [3.05, 3.63) is 18.1 Å². The van der Waals surface area contributed by atoms with Crippen molar-refractivity contribution < 1.29 is 9.21 Å². The summed E-state index contributed by atoms with van der Waals surface area (Å²) in [4.78, 5) is 13.1. The highest BCUT2D eigenvalue weighted by Gasteiger charge is 2.15. The zero-order valence-corrected chi connectivity index (χ0v) is 12.2. The molecule has 7 heteroatoms. The topological polar surface area (TPSA) is 64.2 Å². The molecule has 2 heterocycles. The molecule has 1 amide bonds. The standard InChI is InChI=1S/C12H16N4O2S/c1-8-9(5-6-18-8)11-13-14-12(16(11)4)19-7-10(17)15(2)3/h5-6H,7H2,1-4H3. The van der Waals surface area contributed by atoms with Crippen LogP contribution in [0.15, 0.2) is 21.9 Å². The Morgan fingerprint density at radius 1 is 1.47 bits per heavy atom. The Kier molecular flexibility index (Phi) is 3.94. The van der Waals surface area contributed by atoms with E-state index in [4.69, 9.17) is 4.42 Å². The lowest BCUT2D eigenvalue weighted by Crippen LogP contribution is -2.23. The summed E-state index contributed by atoms with van der Waals surface area (Å²) >= 11 is 1.37. The Morgan fingerprint density at radius 3 is 2.79 bits per heavy atom. The van der Waals surface area contributed by atoms with Crippen LogP contribution in [0, 0.1) is 6.92 Å². The lowest BCUT2D eigenvalue weighted by Gasteiger charge is -2.09. The zero-order chi connectivity index (χ0) is 14.0. The van der Waals surface area contributed by atoms with Gasteiger partial charge in [-0.15, -0.1) is 10.2 Å². The molecule has 0 radical (unpaired) electrons. The second kappa shape index (κ2) is 5.48. The van der Waals surface area contributed by atoms with Gasteiger partial charge in [-0.3, -0.25) is 4.79 Å². The number of aromatic nitrogens is 3. The SMILES string of the molecule is Cc1occc1-c1nnc(SCC(=O)N(C)C)n1C. The number of aryl methyl sites for hydroxylation is 1. The molecule has 102 valence electrons. The van der Waals surface area contributed by atoms with Crippen LogP contribution in [0.4, 0.5) is 0 Å². The average molecular weight is 280 g/mol. The summed E-state index contributed by atoms with van der Waals surface area (Å²) in [7, 11) is 5.35. The first-order chi connectivity index (χ1) is 9.00. The summed E-state index contributed by atoms with van der Waals surface area (Å²) in [6.45, 7) is 1.88. The van der Waals surface area contributed by atoms with Crippen molar-refractivity contribution in [3.8, 4) is 11.4 Å². The normalized spacial score (nSPS) is 10.7. The molecule has 0 aromatic carbocycles. The third kappa shape index (κ3) is 2.81. The van der Waals surface area contributed by atoms with Crippen LogP contribution in [0.1, 0.15) is 5.76 Å². The summed E-state index contributed by atoms with van der Waals surface area (Å²) in [6.07, 6.45) is 1.63. The van der Waals surface area contributed by atoms with E-state index in [9.17, 15) is 4.79 Å². The maximum atomic E-state index is 11.5. The van der Waals surface area contributed by atoms with Crippen LogP contribution in [-0.4, -0.2) is 45.4 Å². The van der Waals surface area contributed by atoms with Crippen LogP contribution in [0.3, 0.4) is 0 Å². The minimum Gasteiger partial charge on any atom is -0.469 e. The third-order valence-electron chi connectivity index (χ3n) is 2.76. The fourth-order valence-electron chi connectivity index (χ4n) is 1.55. The van der Waals surface area contributed by atoms with Gasteiger partial charge in [0.15, 0.2) is 11.0 Å². The van der Waals surface area contributed by atoms with Gasteiger partial charge >= 0.3 is 0 Å². The van der Waals surface area contributed by atoms with Gasteiger partial charge in [-0.05, 0) is 13.0 Å². The number of thioether (sulfide) groups is 1. The van der Waals surface area contributed by atoms with Gasteiger partial charge in [0, 0.05) is 21.1 Å². The predicted molar refractivity (Wildman–Crippen MR) is 72.9 cm³/mol. The van der Waals surface area contributed by atoms with Crippen LogP contribution < -0.4 is 0 Å². The predicted octanol–water partition coefficient (Wildman–Crippen LogP) is 1.56. The fraction of sp³-hybridized carbons (Fsp3) is 0.417. The molecule has 0 spiro atoms. The zero-order valence-electron chi connectivity index (χ0n) is 11.4. The largest absolute Gasteiger partial charge is 0.469 e. The second-order valence-corrected chi connectivity index (χ2v) is 5.27. The number of carbonyl (C=O) groups excluding carboxylic acids is 1. The van der Waals surface area contributed by atoms with E-state index in [2.05, 4.69) is 10.2 Å². The molecule has 0 aliphatic carbocycles. The first-order valence-electron chi connectivity index (χ1n) is 5.77. The van der Waals surface area contributed by atoms with E-state index in [1.54, 1.807) is 25.3 Å². The van der Waals surface area contributed by atoms with Crippen LogP contribution in [0.25, 0.3) is 11.4 Å². The Bertz CT molecular complexity index is 588. The number of carbonyl (C=O) groups is 1. The van der Waals surface area contributed by atoms with Gasteiger partial charge in [-0.1, -0.05) is 11.8 Å². The Morgan fingerprint density at radius 2 is 2.21 bits per heavy atom. The van der Waals surface area contributed by atoms with Crippen molar-refractivity contribution in [3.63, 3.8) is 0 Å². The number of rotatable bonds is 4. The quantitative estimate of drug-likeness (QED) is 0.795.